The summed E-state index contributed by atoms with van der Waals surface area (Å²) in [7, 11) is 0. The lowest BCUT2D eigenvalue weighted by atomic mass is 9.88. The van der Waals surface area contributed by atoms with Crippen molar-refractivity contribution in [3.05, 3.63) is 267 Å². The van der Waals surface area contributed by atoms with Gasteiger partial charge in [-0.1, -0.05) is 209 Å². The maximum absolute atomic E-state index is 9.23. The van der Waals surface area contributed by atoms with E-state index in [0.29, 0.717) is 28.2 Å². The number of nitrogens with zero attached hydrogens (tertiary/aromatic N) is 5. The molecule has 76 heavy (non-hydrogen) atoms. The van der Waals surface area contributed by atoms with Gasteiger partial charge in [0.25, 0.3) is 6.33 Å². The van der Waals surface area contributed by atoms with E-state index in [4.69, 9.17) is 17.9 Å². The molecule has 14 aromatic rings. The normalized spacial score (nSPS) is 13.7. The summed E-state index contributed by atoms with van der Waals surface area (Å²) in [5.74, 6) is 1.78. The lowest BCUT2D eigenvalue weighted by Crippen LogP contribution is -2.31. The average Bonchev–Trinajstić information content (AvgIpc) is 1.50. The number of aromatic nitrogens is 5. The molecule has 0 fully saturated rings. The molecule has 0 aliphatic rings. The van der Waals surface area contributed by atoms with E-state index in [1.165, 1.54) is 0 Å². The van der Waals surface area contributed by atoms with E-state index >= 15 is 0 Å². The fourth-order valence-electron chi connectivity index (χ4n) is 10.7. The number of hydrogen-bond donors (Lipinski definition) is 0. The zero-order valence-corrected chi connectivity index (χ0v) is 41.6. The molecule has 4 aromatic heterocycles. The second kappa shape index (κ2) is 18.0. The van der Waals surface area contributed by atoms with Crippen LogP contribution in [0.1, 0.15) is 40.0 Å². The minimum Gasteiger partial charge on any atom is -0.456 e. The second-order valence-electron chi connectivity index (χ2n) is 19.9. The molecule has 0 unspecified atom stereocenters. The molecule has 0 aliphatic carbocycles. The van der Waals surface area contributed by atoms with Crippen molar-refractivity contribution in [1.29, 1.82) is 0 Å². The number of hydrogen-bond acceptors (Lipinski definition) is 2. The Bertz CT molecular complexity index is 4960. The summed E-state index contributed by atoms with van der Waals surface area (Å²) in [5, 5.41) is 4.20. The van der Waals surface area contributed by atoms with E-state index in [9.17, 15) is 5.48 Å². The topological polar surface area (TPSA) is 40.8 Å². The summed E-state index contributed by atoms with van der Waals surface area (Å²) in [6.07, 6.45) is 5.45. The van der Waals surface area contributed by atoms with Crippen molar-refractivity contribution in [1.82, 2.24) is 18.7 Å². The Kier molecular flexibility index (Phi) is 8.38. The Hall–Kier alpha value is -9.78. The van der Waals surface area contributed by atoms with Gasteiger partial charge in [0.1, 0.15) is 11.6 Å². The summed E-state index contributed by atoms with van der Waals surface area (Å²) in [6.45, 7) is 6.58. The largest absolute Gasteiger partial charge is 0.456 e. The highest BCUT2D eigenvalue weighted by atomic mass is 16.5. The van der Waals surface area contributed by atoms with Crippen LogP contribution in [0.25, 0.3) is 111 Å². The van der Waals surface area contributed by atoms with Gasteiger partial charge in [-0.25, -0.2) is 4.98 Å². The van der Waals surface area contributed by atoms with Crippen molar-refractivity contribution in [2.45, 2.75) is 26.2 Å². The van der Waals surface area contributed by atoms with Crippen LogP contribution in [0, 0.1) is 6.33 Å². The zero-order chi connectivity index (χ0) is 59.6. The molecule has 0 radical (unpaired) electrons. The van der Waals surface area contributed by atoms with Gasteiger partial charge in [0.15, 0.2) is 5.75 Å². The van der Waals surface area contributed by atoms with Gasteiger partial charge in [-0.3, -0.25) is 13.7 Å². The molecular formula is C70H51N5O. The minimum atomic E-state index is -0.577. The van der Waals surface area contributed by atoms with Gasteiger partial charge in [0.05, 0.1) is 63.9 Å². The quantitative estimate of drug-likeness (QED) is 0.107. The molecule has 362 valence electrons. The van der Waals surface area contributed by atoms with Crippen molar-refractivity contribution in [2.24, 2.45) is 0 Å². The van der Waals surface area contributed by atoms with Crippen LogP contribution >= 0.6 is 0 Å². The highest BCUT2D eigenvalue weighted by Crippen LogP contribution is 2.44. The van der Waals surface area contributed by atoms with E-state index in [2.05, 4.69) is 115 Å². The lowest BCUT2D eigenvalue weighted by molar-refractivity contribution is -0.571. The number of rotatable bonds is 9. The van der Waals surface area contributed by atoms with Gasteiger partial charge in [-0.2, -0.15) is 0 Å². The van der Waals surface area contributed by atoms with Gasteiger partial charge in [0, 0.05) is 33.8 Å². The maximum Gasteiger partial charge on any atom is 0.269 e. The summed E-state index contributed by atoms with van der Waals surface area (Å²) in [5.41, 5.74) is 9.20. The molecule has 6 nitrogen and oxygen atoms in total. The first kappa shape index (κ1) is 35.4. The average molecular weight is 988 g/mol. The van der Waals surface area contributed by atoms with Gasteiger partial charge in [0.2, 0.25) is 0 Å². The third kappa shape index (κ3) is 7.56. The Morgan fingerprint density at radius 3 is 1.71 bits per heavy atom. The van der Waals surface area contributed by atoms with Crippen LogP contribution in [-0.4, -0.2) is 18.7 Å². The SMILES string of the molecule is [2H]c1c([2H])c([2H])c(-c2cccc(-c3c([2H])c([2H])c([2H])c([2H])c3[2H])c2-[n+]2[c-]n(-c3cc(Oc4cc5c(cc4-n4c6ccccc6c6ccccc64)c4ccccc4n5-c4cc(C(C)(C)C)ccn4)cc(-c4ccccc4)c3)c3ccccc32)c([2H])c1[2H]. The van der Waals surface area contributed by atoms with E-state index in [1.807, 2.05) is 102 Å². The first-order chi connectivity index (χ1) is 41.5. The summed E-state index contributed by atoms with van der Waals surface area (Å²) in [6, 6.07) is 56.5. The van der Waals surface area contributed by atoms with Crippen molar-refractivity contribution < 1.29 is 23.0 Å². The van der Waals surface area contributed by atoms with E-state index in [0.717, 1.165) is 71.8 Å². The van der Waals surface area contributed by atoms with Gasteiger partial charge >= 0.3 is 0 Å². The number of ether oxygens (including phenoxy) is 1. The van der Waals surface area contributed by atoms with E-state index in [1.54, 1.807) is 22.8 Å². The van der Waals surface area contributed by atoms with Gasteiger partial charge < -0.3 is 9.30 Å². The van der Waals surface area contributed by atoms with Crippen LogP contribution < -0.4 is 9.30 Å². The molecule has 0 saturated carbocycles. The van der Waals surface area contributed by atoms with Crippen LogP contribution in [0.3, 0.4) is 0 Å². The zero-order valence-electron chi connectivity index (χ0n) is 51.6. The maximum atomic E-state index is 9.23. The third-order valence-corrected chi connectivity index (χ3v) is 14.3. The molecule has 4 heterocycles. The Balaban J connectivity index is 1.05. The fourth-order valence-corrected chi connectivity index (χ4v) is 10.7. The predicted octanol–water partition coefficient (Wildman–Crippen LogP) is 17.4. The second-order valence-corrected chi connectivity index (χ2v) is 19.9. The molecule has 14 rings (SSSR count). The van der Waals surface area contributed by atoms with Crippen LogP contribution in [0.4, 0.5) is 0 Å². The van der Waals surface area contributed by atoms with Gasteiger partial charge in [-0.15, -0.1) is 0 Å². The molecule has 0 atom stereocenters. The Labute approximate surface area is 455 Å². The predicted molar refractivity (Wildman–Crippen MR) is 312 cm³/mol. The third-order valence-electron chi connectivity index (χ3n) is 14.3. The van der Waals surface area contributed by atoms with E-state index in [-0.39, 0.29) is 33.4 Å². The molecule has 0 spiro atoms. The summed E-state index contributed by atoms with van der Waals surface area (Å²) >= 11 is 0. The first-order valence-corrected chi connectivity index (χ1v) is 25.1. The molecule has 10 aromatic carbocycles. The number of para-hydroxylation sites is 6. The number of pyridine rings is 1. The number of benzene rings is 10. The molecule has 0 amide bonds. The van der Waals surface area contributed by atoms with Crippen LogP contribution in [0.15, 0.2) is 255 Å². The van der Waals surface area contributed by atoms with Crippen molar-refractivity contribution >= 4 is 54.6 Å². The molecule has 0 bridgehead atoms. The molecular weight excluding hydrogens is 927 g/mol. The minimum absolute atomic E-state index is 0.142. The highest BCUT2D eigenvalue weighted by Gasteiger charge is 2.25. The van der Waals surface area contributed by atoms with E-state index < -0.39 is 60.4 Å². The van der Waals surface area contributed by atoms with Crippen LogP contribution in [0.2, 0.25) is 0 Å². The van der Waals surface area contributed by atoms with Gasteiger partial charge in [-0.05, 0) is 99.0 Å². The van der Waals surface area contributed by atoms with Crippen LogP contribution in [0.5, 0.6) is 11.5 Å². The molecule has 0 N–H and O–H groups in total. The molecule has 0 aliphatic heterocycles. The molecule has 6 heteroatoms. The van der Waals surface area contributed by atoms with Crippen molar-refractivity contribution in [3.63, 3.8) is 0 Å². The monoisotopic (exact) mass is 987 g/mol. The van der Waals surface area contributed by atoms with Crippen molar-refractivity contribution in [3.8, 4) is 67.8 Å². The summed E-state index contributed by atoms with van der Waals surface area (Å²) in [4.78, 5) is 5.01. The number of imidazole rings is 1. The Morgan fingerprint density at radius 2 is 1.07 bits per heavy atom. The van der Waals surface area contributed by atoms with Crippen LogP contribution in [-0.2, 0) is 5.41 Å². The Morgan fingerprint density at radius 1 is 0.487 bits per heavy atom. The smallest absolute Gasteiger partial charge is 0.269 e. The standard InChI is InChI=1S/C70H51N5O/c1-70(2,3)51-38-39-71-68(42-51)75-62-35-18-15-30-58(62)59-44-66(74-60-33-16-13-28-56(60)57-29-14-17-34-61(57)74)67(45-65(59)75)76-53-41-50(47-22-7-4-8-23-47)40-52(43-53)72-46-73(64-37-20-19-36-63(64)72)69-54(48-24-9-5-10-25-48)31-21-32-55(69)49-26-11-6-12-27-49/h4-45H,1-3H3/i5D,6D,9D,10D,11D,12D,24D,25D,26D,27D. The first-order valence-electron chi connectivity index (χ1n) is 30.1. The molecule has 0 saturated heterocycles. The number of fused-ring (bicyclic) bond motifs is 7. The lowest BCUT2D eigenvalue weighted by Gasteiger charge is -2.20. The highest BCUT2D eigenvalue weighted by molar-refractivity contribution is 6.13. The summed E-state index contributed by atoms with van der Waals surface area (Å²) < 4.78 is 104. The fraction of sp³-hybridized carbons (Fsp3) is 0.0571. The van der Waals surface area contributed by atoms with Crippen molar-refractivity contribution in [2.75, 3.05) is 0 Å².